The molecule has 2 aliphatic carbocycles. The van der Waals surface area contributed by atoms with E-state index in [0.29, 0.717) is 11.5 Å². The first-order chi connectivity index (χ1) is 7.82. The Kier molecular flexibility index (Phi) is 4.07. The van der Waals surface area contributed by atoms with Crippen LogP contribution in [0.4, 0.5) is 0 Å². The number of hydrogen-bond donors (Lipinski definition) is 1. The van der Waals surface area contributed by atoms with Crippen LogP contribution in [-0.2, 0) is 0 Å². The van der Waals surface area contributed by atoms with E-state index in [-0.39, 0.29) is 0 Å². The minimum Gasteiger partial charge on any atom is -0.310 e. The van der Waals surface area contributed by atoms with Crippen LogP contribution < -0.4 is 5.32 Å². The van der Waals surface area contributed by atoms with Gasteiger partial charge < -0.3 is 5.32 Å². The van der Waals surface area contributed by atoms with Crippen LogP contribution in [0.3, 0.4) is 0 Å². The van der Waals surface area contributed by atoms with Crippen molar-refractivity contribution in [3.05, 3.63) is 11.6 Å². The zero-order chi connectivity index (χ0) is 11.4. The van der Waals surface area contributed by atoms with Gasteiger partial charge in [-0.05, 0) is 50.5 Å². The van der Waals surface area contributed by atoms with Crippen molar-refractivity contribution >= 4 is 0 Å². The Bertz CT molecular complexity index is 248. The molecule has 1 atom stereocenters. The van der Waals surface area contributed by atoms with Crippen molar-refractivity contribution in [3.63, 3.8) is 0 Å². The summed E-state index contributed by atoms with van der Waals surface area (Å²) < 4.78 is 0. The second-order valence-electron chi connectivity index (χ2n) is 5.58. The second kappa shape index (κ2) is 5.35. The Labute approximate surface area is 101 Å². The van der Waals surface area contributed by atoms with Crippen LogP contribution in [0.2, 0.25) is 0 Å². The first-order valence-corrected chi connectivity index (χ1v) is 7.24. The molecule has 0 aromatic heterocycles. The summed E-state index contributed by atoms with van der Waals surface area (Å²) in [5.74, 6) is 0. The molecule has 2 rings (SSSR count). The van der Waals surface area contributed by atoms with Gasteiger partial charge in [0.25, 0.3) is 0 Å². The van der Waals surface area contributed by atoms with Crippen molar-refractivity contribution in [2.45, 2.75) is 71.3 Å². The molecule has 0 bridgehead atoms. The summed E-state index contributed by atoms with van der Waals surface area (Å²) in [7, 11) is 0. The van der Waals surface area contributed by atoms with Crippen LogP contribution in [0.15, 0.2) is 11.6 Å². The average molecular weight is 221 g/mol. The monoisotopic (exact) mass is 221 g/mol. The third-order valence-electron chi connectivity index (χ3n) is 4.77. The van der Waals surface area contributed by atoms with E-state index in [1.165, 1.54) is 51.4 Å². The topological polar surface area (TPSA) is 12.0 Å². The van der Waals surface area contributed by atoms with Gasteiger partial charge in [0.2, 0.25) is 0 Å². The molecule has 1 saturated carbocycles. The standard InChI is InChI=1S/C15H27N/c1-3-15(11-7-8-12-15)14(16-4-2)13-9-5-6-10-13/h9,14,16H,3-8,10-12H2,1-2H3. The molecule has 0 radical (unpaired) electrons. The molecule has 1 unspecified atom stereocenters. The second-order valence-corrected chi connectivity index (χ2v) is 5.58. The van der Waals surface area contributed by atoms with Crippen molar-refractivity contribution in [2.75, 3.05) is 6.54 Å². The zero-order valence-corrected chi connectivity index (χ0v) is 11.0. The van der Waals surface area contributed by atoms with Crippen LogP contribution in [0.1, 0.15) is 65.2 Å². The van der Waals surface area contributed by atoms with Crippen molar-refractivity contribution in [2.24, 2.45) is 5.41 Å². The summed E-state index contributed by atoms with van der Waals surface area (Å²) >= 11 is 0. The van der Waals surface area contributed by atoms with Gasteiger partial charge in [-0.15, -0.1) is 0 Å². The molecule has 0 aromatic carbocycles. The van der Waals surface area contributed by atoms with E-state index < -0.39 is 0 Å². The predicted octanol–water partition coefficient (Wildman–Crippen LogP) is 4.05. The fraction of sp³-hybridized carbons (Fsp3) is 0.867. The van der Waals surface area contributed by atoms with Gasteiger partial charge in [0.1, 0.15) is 0 Å². The minimum atomic E-state index is 0.589. The molecule has 0 heterocycles. The van der Waals surface area contributed by atoms with Crippen molar-refractivity contribution in [1.82, 2.24) is 5.32 Å². The number of allylic oxidation sites excluding steroid dienone is 1. The van der Waals surface area contributed by atoms with Crippen LogP contribution >= 0.6 is 0 Å². The van der Waals surface area contributed by atoms with Gasteiger partial charge >= 0.3 is 0 Å². The van der Waals surface area contributed by atoms with Gasteiger partial charge in [-0.1, -0.05) is 38.3 Å². The zero-order valence-electron chi connectivity index (χ0n) is 11.0. The van der Waals surface area contributed by atoms with Crippen LogP contribution in [0.25, 0.3) is 0 Å². The maximum absolute atomic E-state index is 3.79. The largest absolute Gasteiger partial charge is 0.310 e. The molecule has 2 aliphatic rings. The van der Waals surface area contributed by atoms with Gasteiger partial charge in [0.05, 0.1) is 0 Å². The molecule has 0 aliphatic heterocycles. The quantitative estimate of drug-likeness (QED) is 0.691. The minimum absolute atomic E-state index is 0.589. The van der Waals surface area contributed by atoms with Crippen molar-refractivity contribution in [3.8, 4) is 0 Å². The number of hydrogen-bond acceptors (Lipinski definition) is 1. The molecule has 92 valence electrons. The van der Waals surface area contributed by atoms with Gasteiger partial charge in [0.15, 0.2) is 0 Å². The third-order valence-corrected chi connectivity index (χ3v) is 4.77. The van der Waals surface area contributed by atoms with Gasteiger partial charge in [-0.2, -0.15) is 0 Å². The Balaban J connectivity index is 2.16. The highest BCUT2D eigenvalue weighted by Gasteiger charge is 2.41. The molecule has 1 nitrogen and oxygen atoms in total. The van der Waals surface area contributed by atoms with E-state index in [9.17, 15) is 0 Å². The Morgan fingerprint density at radius 3 is 2.50 bits per heavy atom. The molecule has 1 N–H and O–H groups in total. The van der Waals surface area contributed by atoms with Crippen LogP contribution in [0.5, 0.6) is 0 Å². The van der Waals surface area contributed by atoms with Gasteiger partial charge in [0, 0.05) is 6.04 Å². The smallest absolute Gasteiger partial charge is 0.0336 e. The van der Waals surface area contributed by atoms with E-state index in [0.717, 1.165) is 6.54 Å². The van der Waals surface area contributed by atoms with Crippen molar-refractivity contribution in [1.29, 1.82) is 0 Å². The highest BCUT2D eigenvalue weighted by Crippen LogP contribution is 2.47. The van der Waals surface area contributed by atoms with Crippen LogP contribution in [0, 0.1) is 5.41 Å². The number of rotatable bonds is 5. The summed E-state index contributed by atoms with van der Waals surface area (Å²) in [5.41, 5.74) is 2.32. The number of likely N-dealkylation sites (N-methyl/N-ethyl adjacent to an activating group) is 1. The molecule has 0 saturated heterocycles. The van der Waals surface area contributed by atoms with E-state index >= 15 is 0 Å². The lowest BCUT2D eigenvalue weighted by molar-refractivity contribution is 0.210. The summed E-state index contributed by atoms with van der Waals surface area (Å²) in [5, 5.41) is 3.79. The summed E-state index contributed by atoms with van der Waals surface area (Å²) in [6, 6.07) is 0.688. The maximum atomic E-state index is 3.79. The summed E-state index contributed by atoms with van der Waals surface area (Å²) in [6.07, 6.45) is 13.7. The third kappa shape index (κ3) is 2.20. The first-order valence-electron chi connectivity index (χ1n) is 7.24. The Morgan fingerprint density at radius 1 is 1.25 bits per heavy atom. The first kappa shape index (κ1) is 12.2. The molecular weight excluding hydrogens is 194 g/mol. The van der Waals surface area contributed by atoms with Crippen LogP contribution in [-0.4, -0.2) is 12.6 Å². The fourth-order valence-corrected chi connectivity index (χ4v) is 3.83. The van der Waals surface area contributed by atoms with E-state index in [1.807, 2.05) is 0 Å². The maximum Gasteiger partial charge on any atom is 0.0336 e. The lowest BCUT2D eigenvalue weighted by Gasteiger charge is -2.38. The Hall–Kier alpha value is -0.300. The molecule has 1 fully saturated rings. The molecule has 0 spiro atoms. The molecule has 0 aromatic rings. The highest BCUT2D eigenvalue weighted by atomic mass is 14.9. The molecule has 1 heteroatoms. The fourth-order valence-electron chi connectivity index (χ4n) is 3.83. The lowest BCUT2D eigenvalue weighted by atomic mass is 9.73. The molecular formula is C15H27N. The summed E-state index contributed by atoms with van der Waals surface area (Å²) in [6.45, 7) is 5.76. The Morgan fingerprint density at radius 2 is 2.00 bits per heavy atom. The normalized spacial score (nSPS) is 25.8. The van der Waals surface area contributed by atoms with E-state index in [4.69, 9.17) is 0 Å². The summed E-state index contributed by atoms with van der Waals surface area (Å²) in [4.78, 5) is 0. The highest BCUT2D eigenvalue weighted by molar-refractivity contribution is 5.20. The van der Waals surface area contributed by atoms with Gasteiger partial charge in [-0.25, -0.2) is 0 Å². The van der Waals surface area contributed by atoms with E-state index in [2.05, 4.69) is 25.2 Å². The van der Waals surface area contributed by atoms with E-state index in [1.54, 1.807) is 5.57 Å². The SMILES string of the molecule is CCNC(C1=CCCC1)C1(CC)CCCC1. The van der Waals surface area contributed by atoms with Crippen molar-refractivity contribution < 1.29 is 0 Å². The predicted molar refractivity (Wildman–Crippen MR) is 70.6 cm³/mol. The lowest BCUT2D eigenvalue weighted by Crippen LogP contribution is -2.44. The van der Waals surface area contributed by atoms with Gasteiger partial charge in [-0.3, -0.25) is 0 Å². The number of nitrogens with one attached hydrogen (secondary N) is 1. The molecule has 16 heavy (non-hydrogen) atoms. The average Bonchev–Trinajstić information content (AvgIpc) is 2.98. The molecule has 0 amide bonds.